The molecule has 25 heavy (non-hydrogen) atoms. The van der Waals surface area contributed by atoms with E-state index < -0.39 is 23.3 Å². The molecule has 1 aromatic rings. The average molecular weight is 389 g/mol. The second-order valence-corrected chi connectivity index (χ2v) is 8.27. The fraction of sp³-hybridized carbons (Fsp3) is 0.667. The van der Waals surface area contributed by atoms with Gasteiger partial charge in [-0.05, 0) is 52.2 Å². The van der Waals surface area contributed by atoms with E-state index in [0.717, 1.165) is 12.8 Å². The number of rotatable bonds is 4. The Morgan fingerprint density at radius 3 is 2.68 bits per heavy atom. The van der Waals surface area contributed by atoms with Gasteiger partial charge in [0.1, 0.15) is 16.9 Å². The molecule has 1 N–H and O–H groups in total. The zero-order valence-electron chi connectivity index (χ0n) is 15.2. The molecular weight excluding hydrogens is 363 g/mol. The van der Waals surface area contributed by atoms with Gasteiger partial charge < -0.3 is 9.84 Å². The van der Waals surface area contributed by atoms with Gasteiger partial charge >= 0.3 is 6.09 Å². The number of hydrogen-bond acceptors (Lipinski definition) is 4. The highest BCUT2D eigenvalue weighted by Gasteiger charge is 2.50. The molecule has 2 atom stereocenters. The van der Waals surface area contributed by atoms with Gasteiger partial charge in [0.05, 0.1) is 16.3 Å². The summed E-state index contributed by atoms with van der Waals surface area (Å²) in [5.74, 6) is 0. The van der Waals surface area contributed by atoms with E-state index in [4.69, 9.17) is 27.9 Å². The van der Waals surface area contributed by atoms with Gasteiger partial charge in [-0.2, -0.15) is 0 Å². The smallest absolute Gasteiger partial charge is 0.410 e. The van der Waals surface area contributed by atoms with Crippen LogP contribution in [0.5, 0.6) is 0 Å². The fourth-order valence-electron chi connectivity index (χ4n) is 3.46. The van der Waals surface area contributed by atoms with Gasteiger partial charge in [-0.15, -0.1) is 0 Å². The van der Waals surface area contributed by atoms with Crippen molar-refractivity contribution in [1.29, 1.82) is 0 Å². The summed E-state index contributed by atoms with van der Waals surface area (Å²) in [5.41, 5.74) is -0.927. The lowest BCUT2D eigenvalue weighted by atomic mass is 9.83. The van der Waals surface area contributed by atoms with Crippen molar-refractivity contribution in [2.75, 3.05) is 6.54 Å². The van der Waals surface area contributed by atoms with Crippen molar-refractivity contribution in [3.63, 3.8) is 0 Å². The summed E-state index contributed by atoms with van der Waals surface area (Å²) in [4.78, 5) is 18.6. The van der Waals surface area contributed by atoms with E-state index in [2.05, 4.69) is 4.98 Å². The van der Waals surface area contributed by atoms with Crippen LogP contribution in [0.3, 0.4) is 0 Å². The highest BCUT2D eigenvalue weighted by Crippen LogP contribution is 2.44. The van der Waals surface area contributed by atoms with E-state index in [-0.39, 0.29) is 5.15 Å². The zero-order chi connectivity index (χ0) is 18.8. The van der Waals surface area contributed by atoms with E-state index in [1.165, 1.54) is 0 Å². The summed E-state index contributed by atoms with van der Waals surface area (Å²) in [6.45, 7) is 8.08. The summed E-state index contributed by atoms with van der Waals surface area (Å²) < 4.78 is 5.56. The number of carbonyl (C=O) groups is 1. The van der Waals surface area contributed by atoms with E-state index >= 15 is 0 Å². The van der Waals surface area contributed by atoms with E-state index in [9.17, 15) is 9.90 Å². The molecule has 2 heterocycles. The summed E-state index contributed by atoms with van der Waals surface area (Å²) in [5, 5.41) is 11.6. The number of aliphatic hydroxyl groups excluding tert-OH is 1. The van der Waals surface area contributed by atoms with E-state index in [0.29, 0.717) is 30.1 Å². The lowest BCUT2D eigenvalue weighted by Crippen LogP contribution is -2.53. The number of halogens is 2. The number of aromatic nitrogens is 1. The van der Waals surface area contributed by atoms with Crippen molar-refractivity contribution in [2.45, 2.75) is 70.6 Å². The minimum absolute atomic E-state index is 0.145. The topological polar surface area (TPSA) is 62.7 Å². The quantitative estimate of drug-likeness (QED) is 0.737. The standard InChI is InChI=1S/C18H26Cl2N2O3/c1-5-9-18(14(23)13-8-7-12(19)15(20)21-13)10-6-11-22(18)16(24)25-17(2,3)4/h7-8,14,23H,5-6,9-11H2,1-4H3. The summed E-state index contributed by atoms with van der Waals surface area (Å²) >= 11 is 11.9. The molecule has 1 aromatic heterocycles. The van der Waals surface area contributed by atoms with Crippen LogP contribution >= 0.6 is 23.2 Å². The van der Waals surface area contributed by atoms with Gasteiger partial charge in [-0.1, -0.05) is 36.5 Å². The third-order valence-corrected chi connectivity index (χ3v) is 5.13. The number of likely N-dealkylation sites (tertiary alicyclic amines) is 1. The molecule has 1 saturated heterocycles. The van der Waals surface area contributed by atoms with Crippen LogP contribution < -0.4 is 0 Å². The summed E-state index contributed by atoms with van der Waals surface area (Å²) in [6.07, 6.45) is 1.59. The largest absolute Gasteiger partial charge is 0.444 e. The molecule has 2 rings (SSSR count). The fourth-order valence-corrected chi connectivity index (χ4v) is 3.73. The number of amides is 1. The first kappa shape index (κ1) is 20.3. The number of hydrogen-bond donors (Lipinski definition) is 1. The third kappa shape index (κ3) is 4.39. The maximum atomic E-state index is 12.7. The minimum atomic E-state index is -0.961. The Labute approximate surface area is 159 Å². The van der Waals surface area contributed by atoms with Crippen LogP contribution in [-0.2, 0) is 4.74 Å². The molecule has 2 unspecified atom stereocenters. The maximum absolute atomic E-state index is 12.7. The number of nitrogens with zero attached hydrogens (tertiary/aromatic N) is 2. The molecule has 1 amide bonds. The highest BCUT2D eigenvalue weighted by atomic mass is 35.5. The van der Waals surface area contributed by atoms with Crippen molar-refractivity contribution in [2.24, 2.45) is 0 Å². The number of pyridine rings is 1. The highest BCUT2D eigenvalue weighted by molar-refractivity contribution is 6.41. The molecule has 0 bridgehead atoms. The molecule has 1 aliphatic heterocycles. The average Bonchev–Trinajstić information content (AvgIpc) is 2.93. The van der Waals surface area contributed by atoms with Crippen LogP contribution in [-0.4, -0.2) is 38.8 Å². The van der Waals surface area contributed by atoms with Crippen molar-refractivity contribution in [3.05, 3.63) is 28.0 Å². The van der Waals surface area contributed by atoms with Crippen LogP contribution in [0.4, 0.5) is 4.79 Å². The molecule has 0 radical (unpaired) electrons. The second-order valence-electron chi connectivity index (χ2n) is 7.50. The monoisotopic (exact) mass is 388 g/mol. The maximum Gasteiger partial charge on any atom is 0.410 e. The Hall–Kier alpha value is -1.04. The first-order chi connectivity index (χ1) is 11.6. The van der Waals surface area contributed by atoms with Crippen molar-refractivity contribution in [3.8, 4) is 0 Å². The van der Waals surface area contributed by atoms with Gasteiger partial charge in [0.25, 0.3) is 0 Å². The lowest BCUT2D eigenvalue weighted by Gasteiger charge is -2.42. The molecular formula is C18H26Cl2N2O3. The van der Waals surface area contributed by atoms with E-state index in [1.807, 2.05) is 27.7 Å². The predicted octanol–water partition coefficient (Wildman–Crippen LogP) is 4.99. The van der Waals surface area contributed by atoms with Crippen molar-refractivity contribution in [1.82, 2.24) is 9.88 Å². The number of aliphatic hydroxyl groups is 1. The molecule has 0 saturated carbocycles. The first-order valence-corrected chi connectivity index (χ1v) is 9.37. The molecule has 140 valence electrons. The Morgan fingerprint density at radius 2 is 2.12 bits per heavy atom. The molecule has 0 aromatic carbocycles. The van der Waals surface area contributed by atoms with Crippen LogP contribution in [0.2, 0.25) is 10.2 Å². The number of carbonyl (C=O) groups excluding carboxylic acids is 1. The van der Waals surface area contributed by atoms with Crippen LogP contribution in [0.15, 0.2) is 12.1 Å². The third-order valence-electron chi connectivity index (χ3n) is 4.44. The van der Waals surface area contributed by atoms with Crippen molar-refractivity contribution < 1.29 is 14.6 Å². The Bertz CT molecular complexity index is 633. The van der Waals surface area contributed by atoms with Crippen LogP contribution in [0.25, 0.3) is 0 Å². The van der Waals surface area contributed by atoms with E-state index in [1.54, 1.807) is 17.0 Å². The van der Waals surface area contributed by atoms with Gasteiger partial charge in [-0.25, -0.2) is 9.78 Å². The Kier molecular flexibility index (Phi) is 6.23. The first-order valence-electron chi connectivity index (χ1n) is 8.61. The predicted molar refractivity (Wildman–Crippen MR) is 99.0 cm³/mol. The molecule has 5 nitrogen and oxygen atoms in total. The van der Waals surface area contributed by atoms with Gasteiger partial charge in [0.2, 0.25) is 0 Å². The Morgan fingerprint density at radius 1 is 1.44 bits per heavy atom. The van der Waals surface area contributed by atoms with Gasteiger partial charge in [-0.3, -0.25) is 4.90 Å². The summed E-state index contributed by atoms with van der Waals surface area (Å²) in [7, 11) is 0. The SMILES string of the molecule is CCCC1(C(O)c2ccc(Cl)c(Cl)n2)CCCN1C(=O)OC(C)(C)C. The normalized spacial score (nSPS) is 22.1. The van der Waals surface area contributed by atoms with Crippen LogP contribution in [0.1, 0.15) is 65.2 Å². The molecule has 0 aliphatic carbocycles. The number of ether oxygens (including phenoxy) is 1. The minimum Gasteiger partial charge on any atom is -0.444 e. The lowest BCUT2D eigenvalue weighted by molar-refractivity contribution is -0.0389. The molecule has 1 fully saturated rings. The van der Waals surface area contributed by atoms with Crippen molar-refractivity contribution >= 4 is 29.3 Å². The van der Waals surface area contributed by atoms with Gasteiger partial charge in [0, 0.05) is 6.54 Å². The molecule has 0 spiro atoms. The molecule has 7 heteroatoms. The zero-order valence-corrected chi connectivity index (χ0v) is 16.7. The Balaban J connectivity index is 2.38. The second kappa shape index (κ2) is 7.68. The van der Waals surface area contributed by atoms with Crippen LogP contribution in [0, 0.1) is 0 Å². The van der Waals surface area contributed by atoms with Gasteiger partial charge in [0.15, 0.2) is 0 Å². The summed E-state index contributed by atoms with van der Waals surface area (Å²) in [6, 6.07) is 3.27. The molecule has 1 aliphatic rings.